The van der Waals surface area contributed by atoms with Gasteiger partial charge in [0.05, 0.1) is 21.9 Å². The summed E-state index contributed by atoms with van der Waals surface area (Å²) < 4.78 is 31.7. The number of carboxylic acid groups (broad SMARTS) is 1. The van der Waals surface area contributed by atoms with Gasteiger partial charge in [0.15, 0.2) is 9.84 Å². The van der Waals surface area contributed by atoms with E-state index in [4.69, 9.17) is 4.74 Å². The molecule has 2 heterocycles. The molecule has 0 radical (unpaired) electrons. The van der Waals surface area contributed by atoms with Crippen LogP contribution in [0.3, 0.4) is 0 Å². The average Bonchev–Trinajstić information content (AvgIpc) is 3.41. The van der Waals surface area contributed by atoms with Crippen molar-refractivity contribution in [3.05, 3.63) is 24.4 Å². The van der Waals surface area contributed by atoms with Crippen molar-refractivity contribution in [1.82, 2.24) is 9.78 Å². The van der Waals surface area contributed by atoms with Crippen LogP contribution >= 0.6 is 0 Å². The Labute approximate surface area is 151 Å². The summed E-state index contributed by atoms with van der Waals surface area (Å²) in [5.41, 5.74) is 0.652. The zero-order valence-corrected chi connectivity index (χ0v) is 15.2. The third-order valence-electron chi connectivity index (χ3n) is 5.34. The van der Waals surface area contributed by atoms with Crippen molar-refractivity contribution in [3.8, 4) is 0 Å². The summed E-state index contributed by atoms with van der Waals surface area (Å²) in [5, 5.41) is 14.4. The molecule has 1 saturated heterocycles. The Bertz CT molecular complexity index is 926. The Morgan fingerprint density at radius 1 is 1.27 bits per heavy atom. The van der Waals surface area contributed by atoms with Gasteiger partial charge in [-0.3, -0.25) is 4.68 Å². The first-order valence-corrected chi connectivity index (χ1v) is 10.5. The van der Waals surface area contributed by atoms with E-state index in [-0.39, 0.29) is 5.25 Å². The van der Waals surface area contributed by atoms with Crippen LogP contribution < -0.4 is 0 Å². The van der Waals surface area contributed by atoms with Gasteiger partial charge in [-0.15, -0.1) is 0 Å². The molecule has 1 unspecified atom stereocenters. The number of fused-ring (bicyclic) bond motifs is 1. The molecule has 2 fully saturated rings. The normalized spacial score (nSPS) is 20.3. The van der Waals surface area contributed by atoms with E-state index in [1.165, 1.54) is 4.68 Å². The fourth-order valence-corrected chi connectivity index (χ4v) is 5.32. The molecule has 4 rings (SSSR count). The van der Waals surface area contributed by atoms with Crippen molar-refractivity contribution in [3.63, 3.8) is 0 Å². The highest BCUT2D eigenvalue weighted by molar-refractivity contribution is 7.92. The highest BCUT2D eigenvalue weighted by Gasteiger charge is 2.37. The molecular weight excluding hydrogens is 356 g/mol. The number of benzene rings is 1. The predicted octanol–water partition coefficient (Wildman–Crippen LogP) is 2.41. The second-order valence-electron chi connectivity index (χ2n) is 7.20. The number of nitrogens with zero attached hydrogens (tertiary/aromatic N) is 2. The first kappa shape index (κ1) is 17.5. The maximum atomic E-state index is 12.4. The number of aliphatic carboxylic acids is 1. The Balaban J connectivity index is 1.65. The number of aromatic nitrogens is 2. The van der Waals surface area contributed by atoms with E-state index in [0.717, 1.165) is 12.8 Å². The van der Waals surface area contributed by atoms with Gasteiger partial charge in [0.1, 0.15) is 6.04 Å². The standard InChI is InChI=1S/C18H22N2O5S/c21-18(22)17(9-12-5-7-25-8-6-12)20-16-4-3-15(10-13(16)11-19-20)26(23,24)14-1-2-14/h3-4,10-12,14,17H,1-2,5-9H2,(H,21,22). The largest absolute Gasteiger partial charge is 0.480 e. The number of sulfone groups is 1. The number of rotatable bonds is 6. The molecule has 1 aromatic heterocycles. The number of hydrogen-bond acceptors (Lipinski definition) is 5. The maximum Gasteiger partial charge on any atom is 0.328 e. The van der Waals surface area contributed by atoms with Gasteiger partial charge in [-0.05, 0) is 56.2 Å². The lowest BCUT2D eigenvalue weighted by molar-refractivity contribution is -0.142. The van der Waals surface area contributed by atoms with E-state index in [0.29, 0.717) is 54.2 Å². The van der Waals surface area contributed by atoms with Crippen LogP contribution in [0, 0.1) is 5.92 Å². The molecule has 1 aromatic carbocycles. The topological polar surface area (TPSA) is 98.5 Å². The lowest BCUT2D eigenvalue weighted by atomic mass is 9.92. The number of carboxylic acids is 1. The number of ether oxygens (including phenoxy) is 1. The minimum atomic E-state index is -3.27. The van der Waals surface area contributed by atoms with Crippen molar-refractivity contribution >= 4 is 26.7 Å². The van der Waals surface area contributed by atoms with Gasteiger partial charge in [0, 0.05) is 18.6 Å². The predicted molar refractivity (Wildman–Crippen MR) is 94.8 cm³/mol. The number of hydrogen-bond donors (Lipinski definition) is 1. The molecule has 1 N–H and O–H groups in total. The molecule has 1 atom stereocenters. The first-order valence-electron chi connectivity index (χ1n) is 8.98. The highest BCUT2D eigenvalue weighted by atomic mass is 32.2. The van der Waals surface area contributed by atoms with Crippen molar-refractivity contribution < 1.29 is 23.1 Å². The summed E-state index contributed by atoms with van der Waals surface area (Å²) in [6.07, 6.45) is 5.19. The molecule has 2 aromatic rings. The van der Waals surface area contributed by atoms with E-state index < -0.39 is 21.8 Å². The summed E-state index contributed by atoms with van der Waals surface area (Å²) in [6, 6.07) is 4.10. The fraction of sp³-hybridized carbons (Fsp3) is 0.556. The van der Waals surface area contributed by atoms with Gasteiger partial charge < -0.3 is 9.84 Å². The molecule has 0 amide bonds. The Morgan fingerprint density at radius 2 is 2.00 bits per heavy atom. The van der Waals surface area contributed by atoms with Crippen molar-refractivity contribution in [2.24, 2.45) is 5.92 Å². The van der Waals surface area contributed by atoms with Crippen LogP contribution in [0.1, 0.15) is 38.1 Å². The van der Waals surface area contributed by atoms with Gasteiger partial charge in [-0.25, -0.2) is 13.2 Å². The average molecular weight is 378 g/mol. The molecule has 1 aliphatic heterocycles. The first-order chi connectivity index (χ1) is 12.5. The zero-order valence-electron chi connectivity index (χ0n) is 14.4. The van der Waals surface area contributed by atoms with Crippen LogP contribution in [0.4, 0.5) is 0 Å². The Kier molecular flexibility index (Phi) is 4.48. The summed E-state index contributed by atoms with van der Waals surface area (Å²) in [5.74, 6) is -0.630. The van der Waals surface area contributed by atoms with Crippen LogP contribution in [0.2, 0.25) is 0 Å². The van der Waals surface area contributed by atoms with Crippen molar-refractivity contribution in [1.29, 1.82) is 0 Å². The van der Waals surface area contributed by atoms with E-state index in [9.17, 15) is 18.3 Å². The lowest BCUT2D eigenvalue weighted by Crippen LogP contribution is -2.26. The van der Waals surface area contributed by atoms with Gasteiger partial charge in [-0.1, -0.05) is 0 Å². The molecule has 0 bridgehead atoms. The van der Waals surface area contributed by atoms with Gasteiger partial charge >= 0.3 is 5.97 Å². The van der Waals surface area contributed by atoms with Crippen LogP contribution in [0.5, 0.6) is 0 Å². The summed E-state index contributed by atoms with van der Waals surface area (Å²) in [4.78, 5) is 12.1. The second kappa shape index (κ2) is 6.66. The van der Waals surface area contributed by atoms with E-state index in [1.807, 2.05) is 0 Å². The van der Waals surface area contributed by atoms with Crippen LogP contribution in [-0.4, -0.2) is 47.7 Å². The van der Waals surface area contributed by atoms with Gasteiger partial charge in [0.2, 0.25) is 0 Å². The molecule has 8 heteroatoms. The van der Waals surface area contributed by atoms with Crippen LogP contribution in [0.15, 0.2) is 29.3 Å². The van der Waals surface area contributed by atoms with Crippen LogP contribution in [-0.2, 0) is 19.4 Å². The quantitative estimate of drug-likeness (QED) is 0.829. The molecule has 1 aliphatic carbocycles. The number of carbonyl (C=O) groups is 1. The molecule has 0 spiro atoms. The molecule has 7 nitrogen and oxygen atoms in total. The smallest absolute Gasteiger partial charge is 0.328 e. The second-order valence-corrected chi connectivity index (χ2v) is 9.43. The van der Waals surface area contributed by atoms with Crippen LogP contribution in [0.25, 0.3) is 10.9 Å². The summed E-state index contributed by atoms with van der Waals surface area (Å²) in [7, 11) is -3.27. The minimum absolute atomic E-state index is 0.268. The summed E-state index contributed by atoms with van der Waals surface area (Å²) in [6.45, 7) is 1.33. The molecule has 2 aliphatic rings. The third-order valence-corrected chi connectivity index (χ3v) is 7.60. The van der Waals surface area contributed by atoms with E-state index in [1.54, 1.807) is 24.4 Å². The van der Waals surface area contributed by atoms with Gasteiger partial charge in [0.25, 0.3) is 0 Å². The third kappa shape index (κ3) is 3.23. The molecule has 140 valence electrons. The molecular formula is C18H22N2O5S. The summed E-state index contributed by atoms with van der Waals surface area (Å²) >= 11 is 0. The van der Waals surface area contributed by atoms with Gasteiger partial charge in [-0.2, -0.15) is 5.10 Å². The molecule has 1 saturated carbocycles. The highest BCUT2D eigenvalue weighted by Crippen LogP contribution is 2.35. The van der Waals surface area contributed by atoms with Crippen molar-refractivity contribution in [2.45, 2.75) is 48.3 Å². The SMILES string of the molecule is O=C(O)C(CC1CCOCC1)n1ncc2cc(S(=O)(=O)C3CC3)ccc21. The molecule has 26 heavy (non-hydrogen) atoms. The van der Waals surface area contributed by atoms with Crippen molar-refractivity contribution in [2.75, 3.05) is 13.2 Å². The van der Waals surface area contributed by atoms with E-state index >= 15 is 0 Å². The maximum absolute atomic E-state index is 12.4. The lowest BCUT2D eigenvalue weighted by Gasteiger charge is -2.25. The Hall–Kier alpha value is -1.93. The monoisotopic (exact) mass is 378 g/mol. The Morgan fingerprint density at radius 3 is 2.65 bits per heavy atom. The zero-order chi connectivity index (χ0) is 18.3. The fourth-order valence-electron chi connectivity index (χ4n) is 3.63. The minimum Gasteiger partial charge on any atom is -0.480 e. The van der Waals surface area contributed by atoms with E-state index in [2.05, 4.69) is 5.10 Å².